The fraction of sp³-hybridized carbons (Fsp3) is 0.263. The molecule has 0 bridgehead atoms. The molecule has 0 saturated carbocycles. The van der Waals surface area contributed by atoms with Crippen LogP contribution in [0.5, 0.6) is 11.5 Å². The third kappa shape index (κ3) is 4.46. The van der Waals surface area contributed by atoms with Crippen molar-refractivity contribution in [2.75, 3.05) is 13.2 Å². The number of amides is 1. The van der Waals surface area contributed by atoms with Gasteiger partial charge >= 0.3 is 6.09 Å². The average molecular weight is 373 g/mol. The molecule has 1 amide bonds. The first-order valence-corrected chi connectivity index (χ1v) is 8.50. The first kappa shape index (κ1) is 18.5. The molecule has 2 aromatic heterocycles. The fourth-order valence-corrected chi connectivity index (χ4v) is 2.62. The number of nitrogens with one attached hydrogen (secondary N) is 1. The number of halogens is 1. The molecule has 3 rings (SSSR count). The van der Waals surface area contributed by atoms with Gasteiger partial charge in [-0.05, 0) is 44.2 Å². The molecule has 0 spiro atoms. The Morgan fingerprint density at radius 3 is 2.74 bits per heavy atom. The highest BCUT2D eigenvalue weighted by atomic mass is 19.1. The molecular weight excluding hydrogens is 353 g/mol. The molecule has 3 aromatic rings. The van der Waals surface area contributed by atoms with E-state index in [0.29, 0.717) is 29.4 Å². The van der Waals surface area contributed by atoms with Crippen LogP contribution in [-0.2, 0) is 0 Å². The molecule has 0 aliphatic carbocycles. The van der Waals surface area contributed by atoms with Crippen LogP contribution in [0.1, 0.15) is 13.8 Å². The van der Waals surface area contributed by atoms with Crippen LogP contribution in [-0.4, -0.2) is 40.1 Å². The van der Waals surface area contributed by atoms with Gasteiger partial charge in [0.05, 0.1) is 30.1 Å². The lowest BCUT2D eigenvalue weighted by molar-refractivity contribution is 0.183. The van der Waals surface area contributed by atoms with Gasteiger partial charge in [0.15, 0.2) is 0 Å². The van der Waals surface area contributed by atoms with Crippen LogP contribution in [0.2, 0.25) is 0 Å². The van der Waals surface area contributed by atoms with Crippen LogP contribution in [0.4, 0.5) is 9.18 Å². The van der Waals surface area contributed by atoms with E-state index in [2.05, 4.69) is 10.4 Å². The van der Waals surface area contributed by atoms with Crippen molar-refractivity contribution in [3.63, 3.8) is 0 Å². The normalized spacial score (nSPS) is 12.0. The summed E-state index contributed by atoms with van der Waals surface area (Å²) in [5, 5.41) is 15.3. The monoisotopic (exact) mass is 373 g/mol. The Hall–Kier alpha value is -3.29. The van der Waals surface area contributed by atoms with Crippen molar-refractivity contribution >= 4 is 11.6 Å². The van der Waals surface area contributed by atoms with Crippen molar-refractivity contribution in [1.29, 1.82) is 0 Å². The summed E-state index contributed by atoms with van der Waals surface area (Å²) in [6.45, 7) is 4.21. The van der Waals surface area contributed by atoms with Crippen LogP contribution in [0.25, 0.3) is 16.8 Å². The van der Waals surface area contributed by atoms with Gasteiger partial charge in [0.1, 0.15) is 23.9 Å². The highest BCUT2D eigenvalue weighted by Gasteiger charge is 2.12. The van der Waals surface area contributed by atoms with Gasteiger partial charge in [0.25, 0.3) is 0 Å². The molecular formula is C19H20FN3O4. The average Bonchev–Trinajstić information content (AvgIpc) is 3.02. The van der Waals surface area contributed by atoms with Crippen molar-refractivity contribution in [1.82, 2.24) is 14.9 Å². The lowest BCUT2D eigenvalue weighted by atomic mass is 10.1. The molecule has 2 heterocycles. The number of carbonyl (C=O) groups is 1. The molecule has 0 unspecified atom stereocenters. The molecule has 1 aromatic carbocycles. The third-order valence-electron chi connectivity index (χ3n) is 3.83. The predicted octanol–water partition coefficient (Wildman–Crippen LogP) is 3.57. The second kappa shape index (κ2) is 7.94. The Morgan fingerprint density at radius 1 is 1.26 bits per heavy atom. The van der Waals surface area contributed by atoms with Gasteiger partial charge in [-0.15, -0.1) is 0 Å². The van der Waals surface area contributed by atoms with Crippen molar-refractivity contribution < 1.29 is 23.8 Å². The smallest absolute Gasteiger partial charge is 0.404 e. The first-order valence-electron chi connectivity index (χ1n) is 8.50. The Morgan fingerprint density at radius 2 is 2.04 bits per heavy atom. The van der Waals surface area contributed by atoms with Gasteiger partial charge in [-0.2, -0.15) is 5.10 Å². The summed E-state index contributed by atoms with van der Waals surface area (Å²) in [5.41, 5.74) is 1.66. The number of pyridine rings is 1. The molecule has 0 saturated heterocycles. The summed E-state index contributed by atoms with van der Waals surface area (Å²) in [7, 11) is 0. The number of hydrogen-bond acceptors (Lipinski definition) is 4. The minimum Gasteiger partial charge on any atom is -0.492 e. The van der Waals surface area contributed by atoms with E-state index < -0.39 is 18.0 Å². The highest BCUT2D eigenvalue weighted by molar-refractivity contribution is 5.67. The maximum Gasteiger partial charge on any atom is 0.404 e. The number of hydrogen-bond donors (Lipinski definition) is 2. The Bertz CT molecular complexity index is 957. The predicted molar refractivity (Wildman–Crippen MR) is 97.9 cm³/mol. The molecule has 1 atom stereocenters. The molecule has 27 heavy (non-hydrogen) atoms. The summed E-state index contributed by atoms with van der Waals surface area (Å²) in [6.07, 6.45) is 0.612. The van der Waals surface area contributed by atoms with Gasteiger partial charge in [-0.25, -0.2) is 13.7 Å². The second-order valence-electron chi connectivity index (χ2n) is 6.00. The SMILES string of the molecule is CCOc1ccc2cc(-c3ccc(OC[C@H](C)NC(=O)O)cc3F)nn2c1. The quantitative estimate of drug-likeness (QED) is 0.661. The molecule has 2 N–H and O–H groups in total. The van der Waals surface area contributed by atoms with E-state index in [1.807, 2.05) is 19.1 Å². The van der Waals surface area contributed by atoms with Gasteiger partial charge < -0.3 is 19.9 Å². The topological polar surface area (TPSA) is 85.1 Å². The van der Waals surface area contributed by atoms with Gasteiger partial charge in [-0.3, -0.25) is 0 Å². The second-order valence-corrected chi connectivity index (χ2v) is 6.00. The summed E-state index contributed by atoms with van der Waals surface area (Å²) in [5.74, 6) is 0.533. The van der Waals surface area contributed by atoms with Gasteiger partial charge in [0.2, 0.25) is 0 Å². The zero-order chi connectivity index (χ0) is 19.4. The van der Waals surface area contributed by atoms with E-state index in [0.717, 1.165) is 5.52 Å². The van der Waals surface area contributed by atoms with E-state index in [9.17, 15) is 9.18 Å². The fourth-order valence-electron chi connectivity index (χ4n) is 2.62. The van der Waals surface area contributed by atoms with Crippen LogP contribution >= 0.6 is 0 Å². The van der Waals surface area contributed by atoms with E-state index in [1.54, 1.807) is 35.8 Å². The van der Waals surface area contributed by atoms with E-state index >= 15 is 0 Å². The summed E-state index contributed by atoms with van der Waals surface area (Å²) < 4.78 is 27.1. The van der Waals surface area contributed by atoms with Crippen LogP contribution in [0.15, 0.2) is 42.6 Å². The van der Waals surface area contributed by atoms with E-state index in [-0.39, 0.29) is 6.61 Å². The van der Waals surface area contributed by atoms with Crippen molar-refractivity contribution in [3.05, 3.63) is 48.4 Å². The van der Waals surface area contributed by atoms with E-state index in [1.165, 1.54) is 6.07 Å². The minimum atomic E-state index is -1.13. The number of carboxylic acid groups (broad SMARTS) is 1. The van der Waals surface area contributed by atoms with Crippen LogP contribution < -0.4 is 14.8 Å². The van der Waals surface area contributed by atoms with Gasteiger partial charge in [-0.1, -0.05) is 0 Å². The van der Waals surface area contributed by atoms with Crippen LogP contribution in [0, 0.1) is 5.82 Å². The maximum atomic E-state index is 14.5. The van der Waals surface area contributed by atoms with E-state index in [4.69, 9.17) is 14.6 Å². The van der Waals surface area contributed by atoms with Crippen molar-refractivity contribution in [2.24, 2.45) is 0 Å². The Kier molecular flexibility index (Phi) is 5.44. The number of benzene rings is 1. The molecule has 0 radical (unpaired) electrons. The third-order valence-corrected chi connectivity index (χ3v) is 3.83. The Labute approximate surface area is 155 Å². The number of rotatable bonds is 7. The van der Waals surface area contributed by atoms with Gasteiger partial charge in [0, 0.05) is 11.6 Å². The first-order chi connectivity index (χ1) is 13.0. The maximum absolute atomic E-state index is 14.5. The summed E-state index contributed by atoms with van der Waals surface area (Å²) >= 11 is 0. The largest absolute Gasteiger partial charge is 0.492 e. The van der Waals surface area contributed by atoms with Crippen molar-refractivity contribution in [3.8, 4) is 22.8 Å². The zero-order valence-corrected chi connectivity index (χ0v) is 15.0. The summed E-state index contributed by atoms with van der Waals surface area (Å²) in [6, 6.07) is 9.54. The number of nitrogens with zero attached hydrogens (tertiary/aromatic N) is 2. The zero-order valence-electron chi connectivity index (χ0n) is 15.0. The number of fused-ring (bicyclic) bond motifs is 1. The number of aromatic nitrogens is 2. The molecule has 0 fully saturated rings. The molecule has 8 heteroatoms. The molecule has 0 aliphatic heterocycles. The lowest BCUT2D eigenvalue weighted by Crippen LogP contribution is -2.35. The molecule has 142 valence electrons. The number of ether oxygens (including phenoxy) is 2. The van der Waals surface area contributed by atoms with Crippen LogP contribution in [0.3, 0.4) is 0 Å². The molecule has 7 nitrogen and oxygen atoms in total. The lowest BCUT2D eigenvalue weighted by Gasteiger charge is -2.13. The van der Waals surface area contributed by atoms with Crippen molar-refractivity contribution in [2.45, 2.75) is 19.9 Å². The highest BCUT2D eigenvalue weighted by Crippen LogP contribution is 2.27. The molecule has 0 aliphatic rings. The summed E-state index contributed by atoms with van der Waals surface area (Å²) in [4.78, 5) is 10.6. The minimum absolute atomic E-state index is 0.0969. The Balaban J connectivity index is 1.77. The standard InChI is InChI=1S/C19H20FN3O4/c1-3-26-15-5-4-13-8-18(22-23(13)10-15)16-7-6-14(9-17(16)20)27-11-12(2)21-19(24)25/h4-10,12,21H,3,11H2,1-2H3,(H,24,25)/t12-/m0/s1.